The molecule has 1 aliphatic carbocycles. The summed E-state index contributed by atoms with van der Waals surface area (Å²) in [5.74, 6) is -0.243. The van der Waals surface area contributed by atoms with Gasteiger partial charge in [0.25, 0.3) is 11.8 Å². The van der Waals surface area contributed by atoms with Crippen molar-refractivity contribution in [3.63, 3.8) is 0 Å². The smallest absolute Gasteiger partial charge is 0.254 e. The maximum Gasteiger partial charge on any atom is 0.254 e. The Labute approximate surface area is 227 Å². The van der Waals surface area contributed by atoms with Crippen molar-refractivity contribution >= 4 is 35.2 Å². The lowest BCUT2D eigenvalue weighted by Crippen LogP contribution is -2.58. The number of thioether (sulfide) groups is 1. The third-order valence-corrected chi connectivity index (χ3v) is 9.07. The number of anilines is 1. The zero-order valence-corrected chi connectivity index (χ0v) is 22.7. The number of amides is 3. The van der Waals surface area contributed by atoms with Crippen LogP contribution in [0.2, 0.25) is 0 Å². The summed E-state index contributed by atoms with van der Waals surface area (Å²) in [6, 6.07) is 13.5. The lowest BCUT2D eigenvalue weighted by atomic mass is 9.96. The Morgan fingerprint density at radius 1 is 1.13 bits per heavy atom. The van der Waals surface area contributed by atoms with Gasteiger partial charge < -0.3 is 26.0 Å². The third kappa shape index (κ3) is 5.68. The monoisotopic (exact) mass is 536 g/mol. The van der Waals surface area contributed by atoms with Crippen molar-refractivity contribution in [3.05, 3.63) is 65.2 Å². The highest BCUT2D eigenvalue weighted by Gasteiger charge is 2.50. The Hall–Kier alpha value is -3.04. The standard InChI is InChI=1S/C29H36N4O4S/c1-29(2)25(27(36)31-16-19-11-12-19)33(17-38-29)28(37)24(34)23(15-18-7-4-3-5-8-18)32-26(35)21-9-6-10-22-20(21)13-14-30-22/h3-10,19,23-25,30,34H,11-17H2,1-2H3,(H,31,36)(H,32,35). The SMILES string of the molecule is CC1(C)SCN(C(=O)C(O)C(Cc2ccccc2)NC(=O)c2cccc3c2CCN3)C1C(=O)NCC1CC1. The number of nitrogens with one attached hydrogen (secondary N) is 3. The molecule has 202 valence electrons. The Morgan fingerprint density at radius 3 is 2.63 bits per heavy atom. The maximum atomic E-state index is 13.8. The van der Waals surface area contributed by atoms with Crippen LogP contribution in [0, 0.1) is 5.92 Å². The Morgan fingerprint density at radius 2 is 1.89 bits per heavy atom. The largest absolute Gasteiger partial charge is 0.384 e. The first kappa shape index (κ1) is 26.6. The lowest BCUT2D eigenvalue weighted by Gasteiger charge is -2.33. The fourth-order valence-electron chi connectivity index (χ4n) is 5.33. The predicted molar refractivity (Wildman–Crippen MR) is 149 cm³/mol. The molecule has 2 fully saturated rings. The number of carbonyl (C=O) groups is 3. The van der Waals surface area contributed by atoms with E-state index >= 15 is 0 Å². The van der Waals surface area contributed by atoms with E-state index < -0.39 is 28.8 Å². The van der Waals surface area contributed by atoms with Crippen molar-refractivity contribution in [1.82, 2.24) is 15.5 Å². The van der Waals surface area contributed by atoms with E-state index in [1.807, 2.05) is 56.3 Å². The molecule has 2 aromatic carbocycles. The van der Waals surface area contributed by atoms with Crippen LogP contribution >= 0.6 is 11.8 Å². The molecule has 4 N–H and O–H groups in total. The van der Waals surface area contributed by atoms with Crippen LogP contribution in [-0.4, -0.2) is 69.6 Å². The predicted octanol–water partition coefficient (Wildman–Crippen LogP) is 2.56. The molecule has 2 aromatic rings. The van der Waals surface area contributed by atoms with Gasteiger partial charge in [-0.2, -0.15) is 0 Å². The molecule has 0 aromatic heterocycles. The van der Waals surface area contributed by atoms with Crippen LogP contribution in [0.1, 0.15) is 48.2 Å². The van der Waals surface area contributed by atoms with Crippen LogP contribution in [0.5, 0.6) is 0 Å². The second-order valence-electron chi connectivity index (χ2n) is 11.0. The molecule has 3 atom stereocenters. The van der Waals surface area contributed by atoms with Crippen molar-refractivity contribution in [2.75, 3.05) is 24.3 Å². The van der Waals surface area contributed by atoms with Gasteiger partial charge in [-0.1, -0.05) is 36.4 Å². The van der Waals surface area contributed by atoms with Crippen molar-refractivity contribution < 1.29 is 19.5 Å². The first-order valence-corrected chi connectivity index (χ1v) is 14.3. The number of nitrogens with zero attached hydrogens (tertiary/aromatic N) is 1. The van der Waals surface area contributed by atoms with Gasteiger partial charge >= 0.3 is 0 Å². The lowest BCUT2D eigenvalue weighted by molar-refractivity contribution is -0.147. The number of benzene rings is 2. The number of aliphatic hydroxyl groups is 1. The number of fused-ring (bicyclic) bond motifs is 1. The summed E-state index contributed by atoms with van der Waals surface area (Å²) in [5.41, 5.74) is 3.31. The molecular weight excluding hydrogens is 500 g/mol. The Balaban J connectivity index is 1.37. The summed E-state index contributed by atoms with van der Waals surface area (Å²) in [4.78, 5) is 41.9. The normalized spacial score (nSPS) is 21.2. The zero-order valence-electron chi connectivity index (χ0n) is 21.9. The van der Waals surface area contributed by atoms with Crippen LogP contribution in [0.15, 0.2) is 48.5 Å². The molecule has 1 saturated heterocycles. The van der Waals surface area contributed by atoms with Gasteiger partial charge in [0, 0.05) is 29.1 Å². The second-order valence-corrected chi connectivity index (χ2v) is 12.6. The number of rotatable bonds is 9. The van der Waals surface area contributed by atoms with Crippen molar-refractivity contribution in [2.45, 2.75) is 62.5 Å². The minimum Gasteiger partial charge on any atom is -0.384 e. The highest BCUT2D eigenvalue weighted by atomic mass is 32.2. The zero-order chi connectivity index (χ0) is 26.9. The van der Waals surface area contributed by atoms with E-state index in [-0.39, 0.29) is 18.2 Å². The van der Waals surface area contributed by atoms with Gasteiger partial charge in [-0.05, 0) is 68.7 Å². The summed E-state index contributed by atoms with van der Waals surface area (Å²) in [6.07, 6.45) is 1.73. The molecule has 9 heteroatoms. The van der Waals surface area contributed by atoms with Gasteiger partial charge in [-0.15, -0.1) is 11.8 Å². The molecule has 5 rings (SSSR count). The van der Waals surface area contributed by atoms with Crippen molar-refractivity contribution in [1.29, 1.82) is 0 Å². The number of carbonyl (C=O) groups excluding carboxylic acids is 3. The third-order valence-electron chi connectivity index (χ3n) is 7.70. The topological polar surface area (TPSA) is 111 Å². The van der Waals surface area contributed by atoms with E-state index in [9.17, 15) is 19.5 Å². The molecule has 3 aliphatic rings. The number of aliphatic hydroxyl groups excluding tert-OH is 1. The van der Waals surface area contributed by atoms with Gasteiger partial charge in [0.1, 0.15) is 6.04 Å². The number of hydrogen-bond donors (Lipinski definition) is 4. The summed E-state index contributed by atoms with van der Waals surface area (Å²) in [5, 5.41) is 20.7. The van der Waals surface area contributed by atoms with Gasteiger partial charge in [0.2, 0.25) is 5.91 Å². The average Bonchev–Trinajstić information content (AvgIpc) is 3.51. The highest BCUT2D eigenvalue weighted by molar-refractivity contribution is 8.00. The number of hydrogen-bond acceptors (Lipinski definition) is 6. The molecule has 38 heavy (non-hydrogen) atoms. The van der Waals surface area contributed by atoms with E-state index in [0.717, 1.165) is 42.6 Å². The van der Waals surface area contributed by atoms with Gasteiger partial charge in [-0.25, -0.2) is 0 Å². The molecule has 0 spiro atoms. The Bertz CT molecular complexity index is 1200. The minimum atomic E-state index is -1.51. The summed E-state index contributed by atoms with van der Waals surface area (Å²) in [7, 11) is 0. The first-order valence-electron chi connectivity index (χ1n) is 13.4. The molecule has 1 saturated carbocycles. The first-order chi connectivity index (χ1) is 18.2. The van der Waals surface area contributed by atoms with E-state index in [1.54, 1.807) is 6.07 Å². The molecule has 8 nitrogen and oxygen atoms in total. The molecule has 3 amide bonds. The van der Waals surface area contributed by atoms with Crippen LogP contribution in [0.4, 0.5) is 5.69 Å². The van der Waals surface area contributed by atoms with Crippen molar-refractivity contribution in [2.24, 2.45) is 5.92 Å². The highest BCUT2D eigenvalue weighted by Crippen LogP contribution is 2.40. The molecular formula is C29H36N4O4S. The van der Waals surface area contributed by atoms with Gasteiger partial charge in [-0.3, -0.25) is 14.4 Å². The fraction of sp³-hybridized carbons (Fsp3) is 0.483. The molecule has 0 radical (unpaired) electrons. The van der Waals surface area contributed by atoms with Crippen LogP contribution in [0.25, 0.3) is 0 Å². The molecule has 2 aliphatic heterocycles. The van der Waals surface area contributed by atoms with E-state index in [4.69, 9.17) is 0 Å². The summed E-state index contributed by atoms with van der Waals surface area (Å²) >= 11 is 1.52. The van der Waals surface area contributed by atoms with Crippen LogP contribution < -0.4 is 16.0 Å². The fourth-order valence-corrected chi connectivity index (χ4v) is 6.47. The quantitative estimate of drug-likeness (QED) is 0.392. The van der Waals surface area contributed by atoms with E-state index in [2.05, 4.69) is 16.0 Å². The van der Waals surface area contributed by atoms with Crippen LogP contribution in [-0.2, 0) is 22.4 Å². The molecule has 0 bridgehead atoms. The average molecular weight is 537 g/mol. The Kier molecular flexibility index (Phi) is 7.68. The maximum absolute atomic E-state index is 13.8. The molecule has 3 unspecified atom stereocenters. The summed E-state index contributed by atoms with van der Waals surface area (Å²) < 4.78 is -0.501. The van der Waals surface area contributed by atoms with Crippen LogP contribution in [0.3, 0.4) is 0 Å². The molecule has 2 heterocycles. The van der Waals surface area contributed by atoms with Crippen molar-refractivity contribution in [3.8, 4) is 0 Å². The second kappa shape index (κ2) is 11.0. The van der Waals surface area contributed by atoms with E-state index in [1.165, 1.54) is 16.7 Å². The van der Waals surface area contributed by atoms with Gasteiger partial charge in [0.05, 0.1) is 11.9 Å². The van der Waals surface area contributed by atoms with Gasteiger partial charge in [0.15, 0.2) is 6.10 Å². The van der Waals surface area contributed by atoms with E-state index in [0.29, 0.717) is 23.9 Å². The minimum absolute atomic E-state index is 0.191. The summed E-state index contributed by atoms with van der Waals surface area (Å²) in [6.45, 7) is 5.28.